The van der Waals surface area contributed by atoms with E-state index in [9.17, 15) is 4.39 Å². The number of morpholine rings is 1. The van der Waals surface area contributed by atoms with E-state index in [1.54, 1.807) is 19.2 Å². The maximum absolute atomic E-state index is 13.4. The van der Waals surface area contributed by atoms with Gasteiger partial charge in [0.1, 0.15) is 5.82 Å². The van der Waals surface area contributed by atoms with Crippen LogP contribution in [0.4, 0.5) is 4.39 Å². The number of ether oxygens (including phenoxy) is 1. The minimum absolute atomic E-state index is 0. The molecule has 1 aliphatic rings. The van der Waals surface area contributed by atoms with Crippen molar-refractivity contribution in [3.05, 3.63) is 71.0 Å². The Balaban J connectivity index is 0.00000300. The number of nitrogens with zero attached hydrogens (tertiary/aromatic N) is 3. The zero-order valence-electron chi connectivity index (χ0n) is 17.1. The normalized spacial score (nSPS) is 14.9. The van der Waals surface area contributed by atoms with Crippen LogP contribution in [0.2, 0.25) is 0 Å². The summed E-state index contributed by atoms with van der Waals surface area (Å²) in [6, 6.07) is 15.2. The van der Waals surface area contributed by atoms with Crippen LogP contribution in [0.25, 0.3) is 0 Å². The fourth-order valence-corrected chi connectivity index (χ4v) is 3.43. The molecule has 158 valence electrons. The molecule has 3 rings (SSSR count). The molecule has 0 bridgehead atoms. The third kappa shape index (κ3) is 7.24. The second-order valence-corrected chi connectivity index (χ2v) is 7.04. The molecular weight excluding hydrogens is 482 g/mol. The first-order valence-corrected chi connectivity index (χ1v) is 9.69. The molecule has 0 unspecified atom stereocenters. The van der Waals surface area contributed by atoms with Gasteiger partial charge in [0, 0.05) is 46.8 Å². The van der Waals surface area contributed by atoms with Gasteiger partial charge >= 0.3 is 0 Å². The molecule has 1 saturated heterocycles. The van der Waals surface area contributed by atoms with Gasteiger partial charge in [0.15, 0.2) is 5.96 Å². The molecule has 0 aromatic heterocycles. The van der Waals surface area contributed by atoms with E-state index in [1.807, 2.05) is 18.0 Å². The van der Waals surface area contributed by atoms with Crippen LogP contribution in [0.3, 0.4) is 0 Å². The van der Waals surface area contributed by atoms with Gasteiger partial charge in [-0.05, 0) is 28.8 Å². The molecule has 1 heterocycles. The number of rotatable bonds is 6. The van der Waals surface area contributed by atoms with Crippen molar-refractivity contribution in [1.29, 1.82) is 0 Å². The molecule has 1 fully saturated rings. The zero-order valence-corrected chi connectivity index (χ0v) is 19.4. The lowest BCUT2D eigenvalue weighted by atomic mass is 10.1. The fraction of sp³-hybridized carbons (Fsp3) is 0.409. The minimum Gasteiger partial charge on any atom is -0.379 e. The molecule has 7 heteroatoms. The second kappa shape index (κ2) is 12.1. The highest BCUT2D eigenvalue weighted by molar-refractivity contribution is 14.0. The predicted molar refractivity (Wildman–Crippen MR) is 126 cm³/mol. The summed E-state index contributed by atoms with van der Waals surface area (Å²) in [4.78, 5) is 8.80. The largest absolute Gasteiger partial charge is 0.379 e. The van der Waals surface area contributed by atoms with Gasteiger partial charge in [0.05, 0.1) is 13.2 Å². The number of nitrogens with one attached hydrogen (secondary N) is 1. The zero-order chi connectivity index (χ0) is 19.8. The van der Waals surface area contributed by atoms with E-state index in [0.29, 0.717) is 13.1 Å². The first-order valence-electron chi connectivity index (χ1n) is 9.69. The Hall–Kier alpha value is -1.71. The van der Waals surface area contributed by atoms with E-state index in [1.165, 1.54) is 17.2 Å². The Morgan fingerprint density at radius 3 is 2.55 bits per heavy atom. The number of halogens is 2. The molecule has 0 atom stereocenters. The van der Waals surface area contributed by atoms with Gasteiger partial charge in [-0.15, -0.1) is 24.0 Å². The summed E-state index contributed by atoms with van der Waals surface area (Å²) < 4.78 is 18.9. The van der Waals surface area contributed by atoms with Crippen molar-refractivity contribution in [2.75, 3.05) is 40.4 Å². The van der Waals surface area contributed by atoms with Crippen LogP contribution in [0.1, 0.15) is 16.7 Å². The fourth-order valence-electron chi connectivity index (χ4n) is 3.43. The number of guanidine groups is 1. The first-order chi connectivity index (χ1) is 13.7. The molecule has 29 heavy (non-hydrogen) atoms. The molecule has 2 aromatic carbocycles. The molecule has 2 aromatic rings. The van der Waals surface area contributed by atoms with Crippen LogP contribution in [0.15, 0.2) is 53.5 Å². The van der Waals surface area contributed by atoms with Crippen molar-refractivity contribution in [2.45, 2.75) is 19.6 Å². The Bertz CT molecular complexity index is 796. The predicted octanol–water partition coefficient (Wildman–Crippen LogP) is 3.48. The Kier molecular flexibility index (Phi) is 9.83. The highest BCUT2D eigenvalue weighted by Crippen LogP contribution is 2.13. The molecule has 0 amide bonds. The van der Waals surface area contributed by atoms with Gasteiger partial charge in [-0.3, -0.25) is 9.89 Å². The maximum Gasteiger partial charge on any atom is 0.193 e. The number of benzene rings is 2. The number of hydrogen-bond acceptors (Lipinski definition) is 3. The third-order valence-electron chi connectivity index (χ3n) is 4.94. The van der Waals surface area contributed by atoms with Crippen LogP contribution in [0.5, 0.6) is 0 Å². The average molecular weight is 512 g/mol. The van der Waals surface area contributed by atoms with Crippen molar-refractivity contribution in [3.63, 3.8) is 0 Å². The summed E-state index contributed by atoms with van der Waals surface area (Å²) in [6.07, 6.45) is 0. The monoisotopic (exact) mass is 512 g/mol. The van der Waals surface area contributed by atoms with Crippen molar-refractivity contribution in [2.24, 2.45) is 4.99 Å². The molecule has 0 radical (unpaired) electrons. The van der Waals surface area contributed by atoms with Crippen LogP contribution in [0, 0.1) is 5.82 Å². The summed E-state index contributed by atoms with van der Waals surface area (Å²) >= 11 is 0. The Morgan fingerprint density at radius 2 is 1.86 bits per heavy atom. The quantitative estimate of drug-likeness (QED) is 0.366. The Labute approximate surface area is 190 Å². The van der Waals surface area contributed by atoms with Crippen LogP contribution < -0.4 is 5.32 Å². The second-order valence-electron chi connectivity index (χ2n) is 7.04. The van der Waals surface area contributed by atoms with Crippen LogP contribution >= 0.6 is 24.0 Å². The molecule has 1 N–H and O–H groups in total. The van der Waals surface area contributed by atoms with Gasteiger partial charge in [0.25, 0.3) is 0 Å². The molecular formula is C22H30FIN4O. The van der Waals surface area contributed by atoms with Crippen molar-refractivity contribution in [3.8, 4) is 0 Å². The van der Waals surface area contributed by atoms with E-state index in [-0.39, 0.29) is 29.8 Å². The SMILES string of the molecule is CN=C(NCc1ccccc1CN1CCOCC1)N(C)Cc1cccc(F)c1.I. The summed E-state index contributed by atoms with van der Waals surface area (Å²) in [5, 5.41) is 3.44. The Morgan fingerprint density at radius 1 is 1.14 bits per heavy atom. The van der Waals surface area contributed by atoms with Gasteiger partial charge < -0.3 is 15.0 Å². The van der Waals surface area contributed by atoms with Crippen LogP contribution in [-0.2, 0) is 24.4 Å². The average Bonchev–Trinajstić information content (AvgIpc) is 2.70. The van der Waals surface area contributed by atoms with Crippen molar-refractivity contribution < 1.29 is 9.13 Å². The van der Waals surface area contributed by atoms with Gasteiger partial charge in [0.2, 0.25) is 0 Å². The van der Waals surface area contributed by atoms with E-state index >= 15 is 0 Å². The van der Waals surface area contributed by atoms with Gasteiger partial charge in [-0.2, -0.15) is 0 Å². The lowest BCUT2D eigenvalue weighted by Gasteiger charge is -2.28. The summed E-state index contributed by atoms with van der Waals surface area (Å²) in [5.74, 6) is 0.566. The summed E-state index contributed by atoms with van der Waals surface area (Å²) in [7, 11) is 3.73. The molecule has 0 aliphatic carbocycles. The summed E-state index contributed by atoms with van der Waals surface area (Å²) in [5.41, 5.74) is 3.49. The topological polar surface area (TPSA) is 40.1 Å². The molecule has 0 saturated carbocycles. The number of aliphatic imine (C=N–C) groups is 1. The third-order valence-corrected chi connectivity index (χ3v) is 4.94. The smallest absolute Gasteiger partial charge is 0.193 e. The number of hydrogen-bond donors (Lipinski definition) is 1. The van der Waals surface area contributed by atoms with Gasteiger partial charge in [-0.25, -0.2) is 4.39 Å². The van der Waals surface area contributed by atoms with Crippen LogP contribution in [-0.4, -0.2) is 56.2 Å². The standard InChI is InChI=1S/C22H29FN4O.HI/c1-24-22(26(2)16-18-6-5-9-21(23)14-18)25-15-19-7-3-4-8-20(19)17-27-10-12-28-13-11-27;/h3-9,14H,10-13,15-17H2,1-2H3,(H,24,25);1H. The van der Waals surface area contributed by atoms with E-state index in [4.69, 9.17) is 4.74 Å². The maximum atomic E-state index is 13.4. The molecule has 1 aliphatic heterocycles. The van der Waals surface area contributed by atoms with E-state index < -0.39 is 0 Å². The minimum atomic E-state index is -0.217. The molecule has 0 spiro atoms. The summed E-state index contributed by atoms with van der Waals surface area (Å²) in [6.45, 7) is 5.77. The van der Waals surface area contributed by atoms with E-state index in [0.717, 1.165) is 44.4 Å². The highest BCUT2D eigenvalue weighted by Gasteiger charge is 2.13. The van der Waals surface area contributed by atoms with Crippen molar-refractivity contribution >= 4 is 29.9 Å². The molecule has 5 nitrogen and oxygen atoms in total. The lowest BCUT2D eigenvalue weighted by molar-refractivity contribution is 0.0341. The van der Waals surface area contributed by atoms with E-state index in [2.05, 4.69) is 39.5 Å². The van der Waals surface area contributed by atoms with Gasteiger partial charge in [-0.1, -0.05) is 36.4 Å². The highest BCUT2D eigenvalue weighted by atomic mass is 127. The first kappa shape index (κ1) is 23.6. The lowest BCUT2D eigenvalue weighted by Crippen LogP contribution is -2.38. The van der Waals surface area contributed by atoms with Crippen molar-refractivity contribution in [1.82, 2.24) is 15.1 Å².